The molecule has 368 valence electrons. The number of nitrogens with one attached hydrogen (secondary N) is 2. The predicted molar refractivity (Wildman–Crippen MR) is 259 cm³/mol. The van der Waals surface area contributed by atoms with E-state index in [9.17, 15) is 28.8 Å². The lowest BCUT2D eigenvalue weighted by atomic mass is 9.91. The molecular formula is C50H64N10O8S. The molecule has 1 aromatic carbocycles. The third-order valence-corrected chi connectivity index (χ3v) is 14.9. The maximum atomic E-state index is 13.3. The Morgan fingerprint density at radius 3 is 2.39 bits per heavy atom. The van der Waals surface area contributed by atoms with Gasteiger partial charge in [0, 0.05) is 113 Å². The molecule has 4 saturated heterocycles. The third kappa shape index (κ3) is 13.5. The van der Waals surface area contributed by atoms with Gasteiger partial charge in [0.1, 0.15) is 12.6 Å². The SMILES string of the molecule is O=C(/C=C/c1cccnc1)NCCCCC1CCN(C(=O)c2ccc(N3CCC(N4CCN(C(=O)COCCOCCSc5cccc6c5CN(C5CCC(=O)NC5=O)C6=O)CC4)CC3)nn2)CC1. The van der Waals surface area contributed by atoms with Crippen molar-refractivity contribution in [3.63, 3.8) is 0 Å². The lowest BCUT2D eigenvalue weighted by molar-refractivity contribution is -0.139. The van der Waals surface area contributed by atoms with Crippen molar-refractivity contribution in [3.8, 4) is 0 Å². The van der Waals surface area contributed by atoms with Crippen LogP contribution >= 0.6 is 11.8 Å². The summed E-state index contributed by atoms with van der Waals surface area (Å²) < 4.78 is 11.5. The van der Waals surface area contributed by atoms with Crippen LogP contribution in [0.1, 0.15) is 89.8 Å². The zero-order chi connectivity index (χ0) is 48.0. The molecule has 7 heterocycles. The van der Waals surface area contributed by atoms with E-state index in [1.165, 1.54) is 0 Å². The zero-order valence-electron chi connectivity index (χ0n) is 39.3. The number of ether oxygens (including phenoxy) is 2. The summed E-state index contributed by atoms with van der Waals surface area (Å²) in [5.74, 6) is 0.943. The lowest BCUT2D eigenvalue weighted by Crippen LogP contribution is -2.55. The van der Waals surface area contributed by atoms with Gasteiger partial charge < -0.3 is 34.4 Å². The Labute approximate surface area is 407 Å². The molecule has 8 rings (SSSR count). The largest absolute Gasteiger partial charge is 0.378 e. The van der Waals surface area contributed by atoms with Gasteiger partial charge in [0.2, 0.25) is 23.6 Å². The Balaban J connectivity index is 0.643. The molecule has 2 N–H and O–H groups in total. The standard InChI is InChI=1S/C50H64N10O8S/c61-45(13-9-37-6-4-19-51-33-37)52-20-2-1-5-36-15-21-59(22-16-36)50(66)41-10-12-44(55-54-41)57-23-17-38(18-24-57)56-25-27-58(28-26-56)47(63)35-68-30-29-67-31-32-69-43-8-3-7-39-40(43)34-60(49(39)65)42-11-14-46(62)53-48(42)64/h3-4,6-10,12-13,19,33,36,38,42H,1-2,5,11,14-18,20-32,34-35H2,(H,52,61)(H,53,62,64)/b13-9+. The van der Waals surface area contributed by atoms with E-state index in [0.29, 0.717) is 94.5 Å². The molecular weight excluding hydrogens is 901 g/mol. The molecule has 0 saturated carbocycles. The summed E-state index contributed by atoms with van der Waals surface area (Å²) >= 11 is 1.59. The van der Waals surface area contributed by atoms with Gasteiger partial charge in [-0.1, -0.05) is 25.0 Å². The number of hydrogen-bond donors (Lipinski definition) is 2. The highest BCUT2D eigenvalue weighted by molar-refractivity contribution is 7.99. The Morgan fingerprint density at radius 1 is 0.826 bits per heavy atom. The molecule has 0 bridgehead atoms. The van der Waals surface area contributed by atoms with Gasteiger partial charge in [0.25, 0.3) is 11.8 Å². The number of pyridine rings is 1. The van der Waals surface area contributed by atoms with Gasteiger partial charge in [-0.3, -0.25) is 44.0 Å². The molecule has 6 amide bonds. The van der Waals surface area contributed by atoms with Crippen LogP contribution in [0.2, 0.25) is 0 Å². The monoisotopic (exact) mass is 964 g/mol. The van der Waals surface area contributed by atoms with Gasteiger partial charge in [-0.25, -0.2) is 0 Å². The molecule has 5 aliphatic rings. The second-order valence-corrected chi connectivity index (χ2v) is 19.4. The summed E-state index contributed by atoms with van der Waals surface area (Å²) in [6.45, 7) is 8.27. The number of unbranched alkanes of at least 4 members (excludes halogenated alkanes) is 1. The fourth-order valence-corrected chi connectivity index (χ4v) is 10.8. The molecule has 19 heteroatoms. The smallest absolute Gasteiger partial charge is 0.274 e. The summed E-state index contributed by atoms with van der Waals surface area (Å²) in [6, 6.07) is 12.9. The molecule has 3 aromatic rings. The summed E-state index contributed by atoms with van der Waals surface area (Å²) in [5, 5.41) is 14.1. The number of piperidine rings is 3. The quantitative estimate of drug-likeness (QED) is 0.0723. The van der Waals surface area contributed by atoms with E-state index < -0.39 is 11.9 Å². The van der Waals surface area contributed by atoms with Crippen molar-refractivity contribution < 1.29 is 38.2 Å². The summed E-state index contributed by atoms with van der Waals surface area (Å²) in [6.07, 6.45) is 14.2. The first-order valence-corrected chi connectivity index (χ1v) is 25.5. The number of piperazine rings is 1. The number of anilines is 1. The Bertz CT molecular complexity index is 2280. The van der Waals surface area contributed by atoms with Crippen LogP contribution in [0.4, 0.5) is 5.82 Å². The van der Waals surface area contributed by atoms with Crippen molar-refractivity contribution in [1.82, 2.24) is 45.4 Å². The molecule has 69 heavy (non-hydrogen) atoms. The molecule has 0 radical (unpaired) electrons. The maximum Gasteiger partial charge on any atom is 0.274 e. The molecule has 5 aliphatic heterocycles. The van der Waals surface area contributed by atoms with Crippen LogP contribution in [-0.4, -0.2) is 173 Å². The van der Waals surface area contributed by atoms with Gasteiger partial charge in [0.05, 0.1) is 19.8 Å². The van der Waals surface area contributed by atoms with E-state index in [-0.39, 0.29) is 42.6 Å². The molecule has 18 nitrogen and oxygen atoms in total. The first kappa shape index (κ1) is 49.7. The first-order chi connectivity index (χ1) is 33.7. The first-order valence-electron chi connectivity index (χ1n) is 24.5. The average Bonchev–Trinajstić information content (AvgIpc) is 3.72. The highest BCUT2D eigenvalue weighted by Gasteiger charge is 2.40. The Kier molecular flexibility index (Phi) is 17.8. The highest BCUT2D eigenvalue weighted by Crippen LogP contribution is 2.34. The molecule has 1 unspecified atom stereocenters. The van der Waals surface area contributed by atoms with Crippen molar-refractivity contribution in [3.05, 3.63) is 83.3 Å². The zero-order valence-corrected chi connectivity index (χ0v) is 40.1. The van der Waals surface area contributed by atoms with E-state index in [1.54, 1.807) is 53.3 Å². The fourth-order valence-electron chi connectivity index (χ4n) is 9.84. The number of thioether (sulfide) groups is 1. The number of carbonyl (C=O) groups is 6. The van der Waals surface area contributed by atoms with E-state index in [1.807, 2.05) is 40.1 Å². The Morgan fingerprint density at radius 2 is 1.64 bits per heavy atom. The van der Waals surface area contributed by atoms with Crippen LogP contribution in [0, 0.1) is 5.92 Å². The second kappa shape index (κ2) is 24.7. The topological polar surface area (TPSA) is 200 Å². The average molecular weight is 965 g/mol. The number of nitrogens with zero attached hydrogens (tertiary/aromatic N) is 8. The van der Waals surface area contributed by atoms with Crippen LogP contribution in [0.25, 0.3) is 6.08 Å². The van der Waals surface area contributed by atoms with Gasteiger partial charge in [-0.15, -0.1) is 22.0 Å². The lowest BCUT2D eigenvalue weighted by Gasteiger charge is -2.43. The number of amides is 6. The number of imide groups is 1. The van der Waals surface area contributed by atoms with Gasteiger partial charge in [0.15, 0.2) is 11.5 Å². The maximum absolute atomic E-state index is 13.3. The molecule has 0 spiro atoms. The molecule has 1 atom stereocenters. The molecule has 0 aliphatic carbocycles. The molecule has 4 fully saturated rings. The number of rotatable bonds is 20. The number of hydrogen-bond acceptors (Lipinski definition) is 14. The second-order valence-electron chi connectivity index (χ2n) is 18.2. The van der Waals surface area contributed by atoms with Crippen LogP contribution in [0.5, 0.6) is 0 Å². The van der Waals surface area contributed by atoms with Crippen molar-refractivity contribution in [2.45, 2.75) is 81.3 Å². The summed E-state index contributed by atoms with van der Waals surface area (Å²) in [4.78, 5) is 90.6. The normalized spacial score (nSPS) is 19.6. The van der Waals surface area contributed by atoms with Crippen LogP contribution in [-0.2, 0) is 35.2 Å². The van der Waals surface area contributed by atoms with Crippen LogP contribution < -0.4 is 15.5 Å². The van der Waals surface area contributed by atoms with Crippen LogP contribution in [0.3, 0.4) is 0 Å². The van der Waals surface area contributed by atoms with Crippen LogP contribution in [0.15, 0.2) is 65.8 Å². The van der Waals surface area contributed by atoms with Gasteiger partial charge >= 0.3 is 0 Å². The minimum Gasteiger partial charge on any atom is -0.378 e. The number of likely N-dealkylation sites (tertiary alicyclic amines) is 1. The predicted octanol–water partition coefficient (Wildman–Crippen LogP) is 3.42. The van der Waals surface area contributed by atoms with Crippen molar-refractivity contribution in [2.75, 3.05) is 96.0 Å². The summed E-state index contributed by atoms with van der Waals surface area (Å²) in [5.41, 5.74) is 2.77. The number of fused-ring (bicyclic) bond motifs is 1. The number of carbonyl (C=O) groups excluding carboxylic acids is 6. The number of aromatic nitrogens is 3. The van der Waals surface area contributed by atoms with E-state index >= 15 is 0 Å². The minimum atomic E-state index is -0.643. The highest BCUT2D eigenvalue weighted by atomic mass is 32.2. The van der Waals surface area contributed by atoms with Crippen molar-refractivity contribution in [1.29, 1.82) is 0 Å². The van der Waals surface area contributed by atoms with E-state index in [0.717, 1.165) is 93.0 Å². The summed E-state index contributed by atoms with van der Waals surface area (Å²) in [7, 11) is 0. The molecule has 2 aromatic heterocycles. The van der Waals surface area contributed by atoms with Crippen molar-refractivity contribution >= 4 is 59.1 Å². The third-order valence-electron chi connectivity index (χ3n) is 13.8. The fraction of sp³-hybridized carbons (Fsp3) is 0.540. The Hall–Kier alpha value is -5.76. The van der Waals surface area contributed by atoms with Gasteiger partial charge in [-0.2, -0.15) is 0 Å². The minimum absolute atomic E-state index is 0.0126. The number of benzene rings is 1. The van der Waals surface area contributed by atoms with Crippen molar-refractivity contribution in [2.24, 2.45) is 5.92 Å². The van der Waals surface area contributed by atoms with E-state index in [2.05, 4.69) is 35.6 Å². The van der Waals surface area contributed by atoms with E-state index in [4.69, 9.17) is 9.47 Å². The van der Waals surface area contributed by atoms with Gasteiger partial charge in [-0.05, 0) is 92.0 Å².